The summed E-state index contributed by atoms with van der Waals surface area (Å²) in [5.74, 6) is 5.91. The van der Waals surface area contributed by atoms with E-state index in [-0.39, 0.29) is 6.61 Å². The molecule has 0 saturated carbocycles. The van der Waals surface area contributed by atoms with Gasteiger partial charge in [-0.05, 0) is 51.8 Å². The average Bonchev–Trinajstić information content (AvgIpc) is 2.52. The lowest BCUT2D eigenvalue weighted by molar-refractivity contribution is -0.141. The summed E-state index contributed by atoms with van der Waals surface area (Å²) in [6, 6.07) is 7.07. The van der Waals surface area contributed by atoms with Crippen molar-refractivity contribution < 1.29 is 23.8 Å². The predicted molar refractivity (Wildman–Crippen MR) is 98.9 cm³/mol. The Kier molecular flexibility index (Phi) is 8.50. The van der Waals surface area contributed by atoms with Gasteiger partial charge in [0.2, 0.25) is 0 Å². The van der Waals surface area contributed by atoms with Crippen molar-refractivity contribution in [1.29, 1.82) is 0 Å². The first-order chi connectivity index (χ1) is 12.2. The van der Waals surface area contributed by atoms with Crippen LogP contribution in [0.4, 0.5) is 4.79 Å². The van der Waals surface area contributed by atoms with Crippen LogP contribution in [-0.2, 0) is 20.7 Å². The smallest absolute Gasteiger partial charge is 0.408 e. The molecule has 0 spiro atoms. The van der Waals surface area contributed by atoms with Crippen LogP contribution in [0.15, 0.2) is 24.3 Å². The van der Waals surface area contributed by atoms with Crippen LogP contribution in [0.1, 0.15) is 40.2 Å². The van der Waals surface area contributed by atoms with Gasteiger partial charge in [0.05, 0.1) is 6.04 Å². The molecule has 1 N–H and O–H groups in total. The first-order valence-electron chi connectivity index (χ1n) is 8.44. The van der Waals surface area contributed by atoms with Crippen molar-refractivity contribution in [3.8, 4) is 17.6 Å². The van der Waals surface area contributed by atoms with Gasteiger partial charge in [0.1, 0.15) is 24.6 Å². The second-order valence-electron chi connectivity index (χ2n) is 6.71. The quantitative estimate of drug-likeness (QED) is 0.597. The Morgan fingerprint density at radius 1 is 1.19 bits per heavy atom. The lowest BCUT2D eigenvalue weighted by atomic mass is 10.1. The molecule has 1 atom stereocenters. The average molecular weight is 361 g/mol. The third-order valence-corrected chi connectivity index (χ3v) is 3.10. The van der Waals surface area contributed by atoms with Crippen LogP contribution >= 0.6 is 0 Å². The van der Waals surface area contributed by atoms with Gasteiger partial charge in [-0.2, -0.15) is 0 Å². The highest BCUT2D eigenvalue weighted by molar-refractivity contribution is 5.68. The van der Waals surface area contributed by atoms with Crippen molar-refractivity contribution in [2.75, 3.05) is 13.2 Å². The topological polar surface area (TPSA) is 73.9 Å². The molecule has 6 heteroatoms. The van der Waals surface area contributed by atoms with Crippen molar-refractivity contribution in [3.05, 3.63) is 29.8 Å². The van der Waals surface area contributed by atoms with E-state index in [1.165, 1.54) is 6.92 Å². The van der Waals surface area contributed by atoms with Gasteiger partial charge in [-0.3, -0.25) is 4.79 Å². The van der Waals surface area contributed by atoms with E-state index < -0.39 is 23.7 Å². The summed E-state index contributed by atoms with van der Waals surface area (Å²) in [7, 11) is 0. The first kappa shape index (κ1) is 21.4. The Morgan fingerprint density at radius 2 is 1.85 bits per heavy atom. The van der Waals surface area contributed by atoms with Gasteiger partial charge in [-0.1, -0.05) is 18.1 Å². The molecule has 0 fully saturated rings. The van der Waals surface area contributed by atoms with Gasteiger partial charge < -0.3 is 19.5 Å². The number of hydrogen-bond acceptors (Lipinski definition) is 5. The number of carbonyl (C=O) groups excluding carboxylic acids is 2. The van der Waals surface area contributed by atoms with Crippen LogP contribution < -0.4 is 10.1 Å². The molecule has 1 rings (SSSR count). The highest BCUT2D eigenvalue weighted by Crippen LogP contribution is 2.14. The summed E-state index contributed by atoms with van der Waals surface area (Å²) in [4.78, 5) is 23.1. The largest absolute Gasteiger partial charge is 0.481 e. The minimum atomic E-state index is -0.601. The van der Waals surface area contributed by atoms with Crippen molar-refractivity contribution in [2.24, 2.45) is 0 Å². The Morgan fingerprint density at radius 3 is 2.38 bits per heavy atom. The maximum absolute atomic E-state index is 12.0. The van der Waals surface area contributed by atoms with Crippen LogP contribution in [0.5, 0.6) is 5.75 Å². The minimum Gasteiger partial charge on any atom is -0.481 e. The number of alkyl carbamates (subject to hydrolysis) is 1. The number of esters is 1. The molecule has 0 saturated heterocycles. The molecule has 0 aliphatic heterocycles. The fourth-order valence-electron chi connectivity index (χ4n) is 2.04. The van der Waals surface area contributed by atoms with E-state index in [1.54, 1.807) is 27.7 Å². The summed E-state index contributed by atoms with van der Waals surface area (Å²) in [5, 5.41) is 2.75. The minimum absolute atomic E-state index is 0.0684. The monoisotopic (exact) mass is 361 g/mol. The molecular formula is C20H27NO5. The van der Waals surface area contributed by atoms with E-state index in [1.807, 2.05) is 24.3 Å². The molecule has 1 aromatic rings. The molecule has 1 amide bonds. The molecule has 0 aliphatic rings. The molecule has 142 valence electrons. The highest BCUT2D eigenvalue weighted by Gasteiger charge is 2.20. The SMILES string of the molecule is CC#CCOc1ccc(C[C@H](COC(C)=O)NC(=O)OC(C)(C)C)cc1. The number of amides is 1. The Balaban J connectivity index is 2.69. The molecule has 0 aliphatic carbocycles. The molecule has 0 unspecified atom stereocenters. The van der Waals surface area contributed by atoms with E-state index in [9.17, 15) is 9.59 Å². The maximum Gasteiger partial charge on any atom is 0.408 e. The predicted octanol–water partition coefficient (Wildman–Crippen LogP) is 3.09. The summed E-state index contributed by atoms with van der Waals surface area (Å²) < 4.78 is 15.8. The summed E-state index contributed by atoms with van der Waals surface area (Å²) >= 11 is 0. The van der Waals surface area contributed by atoms with Gasteiger partial charge >= 0.3 is 12.1 Å². The normalized spacial score (nSPS) is 11.6. The summed E-state index contributed by atoms with van der Waals surface area (Å²) in [6.45, 7) is 8.85. The second-order valence-corrected chi connectivity index (χ2v) is 6.71. The zero-order valence-electron chi connectivity index (χ0n) is 16.0. The zero-order chi connectivity index (χ0) is 19.6. The van der Waals surface area contributed by atoms with Crippen molar-refractivity contribution in [1.82, 2.24) is 5.32 Å². The van der Waals surface area contributed by atoms with E-state index >= 15 is 0 Å². The number of nitrogens with one attached hydrogen (secondary N) is 1. The number of carbonyl (C=O) groups is 2. The Hall–Kier alpha value is -2.68. The number of hydrogen-bond donors (Lipinski definition) is 1. The second kappa shape index (κ2) is 10.3. The van der Waals surface area contributed by atoms with E-state index in [0.717, 1.165) is 5.56 Å². The van der Waals surface area contributed by atoms with Gasteiger partial charge in [0, 0.05) is 6.92 Å². The maximum atomic E-state index is 12.0. The van der Waals surface area contributed by atoms with Crippen molar-refractivity contribution in [2.45, 2.75) is 52.7 Å². The van der Waals surface area contributed by atoms with Crippen LogP contribution in [-0.4, -0.2) is 36.9 Å². The molecule has 1 aromatic carbocycles. The van der Waals surface area contributed by atoms with E-state index in [0.29, 0.717) is 18.8 Å². The van der Waals surface area contributed by atoms with Gasteiger partial charge in [-0.25, -0.2) is 4.79 Å². The Labute approximate surface area is 155 Å². The number of ether oxygens (including phenoxy) is 3. The first-order valence-corrected chi connectivity index (χ1v) is 8.44. The molecule has 26 heavy (non-hydrogen) atoms. The number of rotatable bonds is 7. The van der Waals surface area contributed by atoms with Crippen molar-refractivity contribution >= 4 is 12.1 Å². The third kappa shape index (κ3) is 9.58. The van der Waals surface area contributed by atoms with Crippen LogP contribution in [0.2, 0.25) is 0 Å². The fourth-order valence-corrected chi connectivity index (χ4v) is 2.04. The Bertz CT molecular complexity index is 650. The molecule has 6 nitrogen and oxygen atoms in total. The molecule has 0 bridgehead atoms. The highest BCUT2D eigenvalue weighted by atomic mass is 16.6. The molecular weight excluding hydrogens is 334 g/mol. The van der Waals surface area contributed by atoms with Crippen LogP contribution in [0.3, 0.4) is 0 Å². The van der Waals surface area contributed by atoms with Crippen molar-refractivity contribution in [3.63, 3.8) is 0 Å². The lowest BCUT2D eigenvalue weighted by Crippen LogP contribution is -2.43. The van der Waals surface area contributed by atoms with Crippen LogP contribution in [0, 0.1) is 11.8 Å². The third-order valence-electron chi connectivity index (χ3n) is 3.10. The standard InChI is InChI=1S/C20H27NO5/c1-6-7-12-24-18-10-8-16(9-11-18)13-17(14-25-15(2)22)21-19(23)26-20(3,4)5/h8-11,17H,12-14H2,1-5H3,(H,21,23)/t17-/m1/s1. The fraction of sp³-hybridized carbons (Fsp3) is 0.500. The summed E-state index contributed by atoms with van der Waals surface area (Å²) in [5.41, 5.74) is 0.364. The van der Waals surface area contributed by atoms with Crippen LogP contribution in [0.25, 0.3) is 0 Å². The zero-order valence-corrected chi connectivity index (χ0v) is 16.0. The van der Waals surface area contributed by atoms with Gasteiger partial charge in [0.15, 0.2) is 0 Å². The molecule has 0 radical (unpaired) electrons. The molecule has 0 aromatic heterocycles. The van der Waals surface area contributed by atoms with E-state index in [4.69, 9.17) is 14.2 Å². The lowest BCUT2D eigenvalue weighted by Gasteiger charge is -2.23. The summed E-state index contributed by atoms with van der Waals surface area (Å²) in [6.07, 6.45) is -0.0607. The molecule has 0 heterocycles. The van der Waals surface area contributed by atoms with Gasteiger partial charge in [0.25, 0.3) is 0 Å². The van der Waals surface area contributed by atoms with Gasteiger partial charge in [-0.15, -0.1) is 5.92 Å². The van der Waals surface area contributed by atoms with E-state index in [2.05, 4.69) is 17.2 Å². The number of benzene rings is 1.